The van der Waals surface area contributed by atoms with E-state index in [2.05, 4.69) is 27.4 Å². The molecular weight excluding hydrogens is 501 g/mol. The Kier molecular flexibility index (Phi) is 11.6. The second-order valence-electron chi connectivity index (χ2n) is 8.78. The number of guanidine groups is 1. The monoisotopic (exact) mass is 541 g/mol. The molecule has 0 aliphatic carbocycles. The van der Waals surface area contributed by atoms with Crippen molar-refractivity contribution in [2.24, 2.45) is 10.9 Å². The SMILES string of the molecule is CN=C(NCCCN1CCC(C)CC1)NCc1ccc(C(=O)N2CCCCC2)cc1.I. The van der Waals surface area contributed by atoms with Gasteiger partial charge >= 0.3 is 0 Å². The van der Waals surface area contributed by atoms with Crippen LogP contribution in [0.2, 0.25) is 0 Å². The van der Waals surface area contributed by atoms with Gasteiger partial charge in [0.2, 0.25) is 0 Å². The summed E-state index contributed by atoms with van der Waals surface area (Å²) in [5.74, 6) is 1.88. The van der Waals surface area contributed by atoms with Gasteiger partial charge in [-0.15, -0.1) is 24.0 Å². The number of benzene rings is 1. The second kappa shape index (κ2) is 13.9. The fraction of sp³-hybridized carbons (Fsp3) is 0.667. The molecule has 1 aromatic carbocycles. The van der Waals surface area contributed by atoms with Gasteiger partial charge in [0, 0.05) is 38.8 Å². The van der Waals surface area contributed by atoms with Crippen molar-refractivity contribution in [3.05, 3.63) is 35.4 Å². The summed E-state index contributed by atoms with van der Waals surface area (Å²) in [7, 11) is 1.81. The van der Waals surface area contributed by atoms with Crippen molar-refractivity contribution in [1.29, 1.82) is 0 Å². The number of aliphatic imine (C=N–C) groups is 1. The summed E-state index contributed by atoms with van der Waals surface area (Å²) >= 11 is 0. The van der Waals surface area contributed by atoms with Gasteiger partial charge in [-0.05, 0) is 81.8 Å². The number of hydrogen-bond donors (Lipinski definition) is 2. The minimum Gasteiger partial charge on any atom is -0.356 e. The van der Waals surface area contributed by atoms with Crippen LogP contribution in [-0.4, -0.2) is 68.0 Å². The maximum Gasteiger partial charge on any atom is 0.253 e. The first-order chi connectivity index (χ1) is 14.7. The topological polar surface area (TPSA) is 60.0 Å². The largest absolute Gasteiger partial charge is 0.356 e. The van der Waals surface area contributed by atoms with E-state index in [9.17, 15) is 4.79 Å². The number of piperidine rings is 2. The van der Waals surface area contributed by atoms with Crippen LogP contribution in [0.25, 0.3) is 0 Å². The van der Waals surface area contributed by atoms with Crippen LogP contribution in [0.1, 0.15) is 61.4 Å². The molecule has 2 aliphatic heterocycles. The molecule has 31 heavy (non-hydrogen) atoms. The third-order valence-electron chi connectivity index (χ3n) is 6.35. The van der Waals surface area contributed by atoms with E-state index in [1.165, 1.54) is 32.4 Å². The number of amides is 1. The Morgan fingerprint density at radius 3 is 2.35 bits per heavy atom. The van der Waals surface area contributed by atoms with E-state index in [0.29, 0.717) is 6.54 Å². The zero-order valence-corrected chi connectivity index (χ0v) is 21.6. The van der Waals surface area contributed by atoms with Crippen LogP contribution < -0.4 is 10.6 Å². The van der Waals surface area contributed by atoms with E-state index in [1.807, 2.05) is 36.2 Å². The summed E-state index contributed by atoms with van der Waals surface area (Å²) in [6.07, 6.45) is 7.27. The minimum absolute atomic E-state index is 0. The number of rotatable bonds is 7. The van der Waals surface area contributed by atoms with Crippen LogP contribution in [0, 0.1) is 5.92 Å². The summed E-state index contributed by atoms with van der Waals surface area (Å²) in [4.78, 5) is 21.5. The molecule has 0 unspecified atom stereocenters. The fourth-order valence-electron chi connectivity index (χ4n) is 4.25. The number of hydrogen-bond acceptors (Lipinski definition) is 3. The molecule has 7 heteroatoms. The van der Waals surface area contributed by atoms with Crippen LogP contribution in [0.3, 0.4) is 0 Å². The average molecular weight is 542 g/mol. The van der Waals surface area contributed by atoms with Gasteiger partial charge in [0.05, 0.1) is 0 Å². The lowest BCUT2D eigenvalue weighted by molar-refractivity contribution is 0.0724. The summed E-state index contributed by atoms with van der Waals surface area (Å²) in [6, 6.07) is 7.97. The van der Waals surface area contributed by atoms with Crippen molar-refractivity contribution in [2.45, 2.75) is 52.0 Å². The zero-order chi connectivity index (χ0) is 21.2. The first-order valence-corrected chi connectivity index (χ1v) is 11.7. The Morgan fingerprint density at radius 2 is 1.71 bits per heavy atom. The third-order valence-corrected chi connectivity index (χ3v) is 6.35. The van der Waals surface area contributed by atoms with Gasteiger partial charge in [0.1, 0.15) is 0 Å². The molecule has 0 bridgehead atoms. The molecule has 2 saturated heterocycles. The van der Waals surface area contributed by atoms with Crippen LogP contribution >= 0.6 is 24.0 Å². The quantitative estimate of drug-likeness (QED) is 0.239. The molecule has 2 fully saturated rings. The number of likely N-dealkylation sites (tertiary alicyclic amines) is 2. The first kappa shape index (κ1) is 25.9. The Bertz CT molecular complexity index is 680. The van der Waals surface area contributed by atoms with Crippen LogP contribution in [0.5, 0.6) is 0 Å². The highest BCUT2D eigenvalue weighted by Gasteiger charge is 2.18. The number of carbonyl (C=O) groups is 1. The lowest BCUT2D eigenvalue weighted by Gasteiger charge is -2.30. The number of nitrogens with one attached hydrogen (secondary N) is 2. The molecule has 0 radical (unpaired) electrons. The van der Waals surface area contributed by atoms with Crippen LogP contribution in [0.4, 0.5) is 0 Å². The first-order valence-electron chi connectivity index (χ1n) is 11.7. The van der Waals surface area contributed by atoms with Crippen LogP contribution in [0.15, 0.2) is 29.3 Å². The van der Waals surface area contributed by atoms with Gasteiger partial charge in [-0.25, -0.2) is 0 Å². The molecule has 2 heterocycles. The van der Waals surface area contributed by atoms with E-state index >= 15 is 0 Å². The molecule has 174 valence electrons. The molecule has 1 amide bonds. The Morgan fingerprint density at radius 1 is 1.03 bits per heavy atom. The Balaban J connectivity index is 0.00000341. The highest BCUT2D eigenvalue weighted by molar-refractivity contribution is 14.0. The van der Waals surface area contributed by atoms with Crippen molar-refractivity contribution < 1.29 is 4.79 Å². The second-order valence-corrected chi connectivity index (χ2v) is 8.78. The predicted molar refractivity (Wildman–Crippen MR) is 139 cm³/mol. The van der Waals surface area contributed by atoms with Crippen molar-refractivity contribution in [3.8, 4) is 0 Å². The summed E-state index contributed by atoms with van der Waals surface area (Å²) in [5.41, 5.74) is 1.94. The summed E-state index contributed by atoms with van der Waals surface area (Å²) in [6.45, 7) is 9.39. The third kappa shape index (κ3) is 8.60. The summed E-state index contributed by atoms with van der Waals surface area (Å²) in [5, 5.41) is 6.78. The smallest absolute Gasteiger partial charge is 0.253 e. The predicted octanol–water partition coefficient (Wildman–Crippen LogP) is 3.72. The van der Waals surface area contributed by atoms with Crippen LogP contribution in [-0.2, 0) is 6.54 Å². The van der Waals surface area contributed by atoms with E-state index in [0.717, 1.165) is 68.4 Å². The Hall–Kier alpha value is -1.35. The lowest BCUT2D eigenvalue weighted by Crippen LogP contribution is -2.39. The van der Waals surface area contributed by atoms with Gasteiger partial charge in [0.15, 0.2) is 5.96 Å². The zero-order valence-electron chi connectivity index (χ0n) is 19.2. The molecule has 3 rings (SSSR count). The maximum atomic E-state index is 12.6. The molecule has 2 aliphatic rings. The van der Waals surface area contributed by atoms with E-state index in [4.69, 9.17) is 0 Å². The van der Waals surface area contributed by atoms with Gasteiger partial charge in [0.25, 0.3) is 5.91 Å². The number of carbonyl (C=O) groups excluding carboxylic acids is 1. The van der Waals surface area contributed by atoms with Crippen molar-refractivity contribution >= 4 is 35.8 Å². The molecular formula is C24H40IN5O. The van der Waals surface area contributed by atoms with Crippen molar-refractivity contribution in [1.82, 2.24) is 20.4 Å². The van der Waals surface area contributed by atoms with E-state index < -0.39 is 0 Å². The highest BCUT2D eigenvalue weighted by atomic mass is 127. The van der Waals surface area contributed by atoms with Crippen molar-refractivity contribution in [2.75, 3.05) is 46.3 Å². The molecule has 2 N–H and O–H groups in total. The normalized spacial score (nSPS) is 18.4. The molecule has 0 aromatic heterocycles. The molecule has 6 nitrogen and oxygen atoms in total. The molecule has 0 saturated carbocycles. The maximum absolute atomic E-state index is 12.6. The lowest BCUT2D eigenvalue weighted by atomic mass is 9.99. The van der Waals surface area contributed by atoms with Crippen molar-refractivity contribution in [3.63, 3.8) is 0 Å². The Labute approximate surface area is 205 Å². The number of nitrogens with zero attached hydrogens (tertiary/aromatic N) is 3. The van der Waals surface area contributed by atoms with E-state index in [1.54, 1.807) is 0 Å². The summed E-state index contributed by atoms with van der Waals surface area (Å²) < 4.78 is 0. The number of halogens is 1. The minimum atomic E-state index is 0. The average Bonchev–Trinajstić information content (AvgIpc) is 2.80. The van der Waals surface area contributed by atoms with Gasteiger partial charge in [-0.1, -0.05) is 19.1 Å². The molecule has 0 atom stereocenters. The standard InChI is InChI=1S/C24H39N5O.HI/c1-20-11-17-28(18-12-20)14-6-13-26-24(25-2)27-19-21-7-9-22(10-8-21)23(30)29-15-4-3-5-16-29;/h7-10,20H,3-6,11-19H2,1-2H3,(H2,25,26,27);1H. The molecule has 1 aromatic rings. The molecule has 0 spiro atoms. The van der Waals surface area contributed by atoms with Gasteiger partial charge in [-0.2, -0.15) is 0 Å². The van der Waals surface area contributed by atoms with E-state index in [-0.39, 0.29) is 29.9 Å². The fourth-order valence-corrected chi connectivity index (χ4v) is 4.25. The van der Waals surface area contributed by atoms with Gasteiger partial charge in [-0.3, -0.25) is 9.79 Å². The highest BCUT2D eigenvalue weighted by Crippen LogP contribution is 2.16. The van der Waals surface area contributed by atoms with Gasteiger partial charge < -0.3 is 20.4 Å².